The Morgan fingerprint density at radius 1 is 1.20 bits per heavy atom. The number of aliphatic hydroxyl groups is 3. The normalized spacial score (nSPS) is 29.6. The van der Waals surface area contributed by atoms with Crippen LogP contribution in [0, 0.1) is 0 Å². The van der Waals surface area contributed by atoms with Crippen molar-refractivity contribution in [3.05, 3.63) is 32.1 Å². The summed E-state index contributed by atoms with van der Waals surface area (Å²) in [6.07, 6.45) is -5.74. The molecule has 6 N–H and O–H groups in total. The molecule has 0 radical (unpaired) electrons. The molecule has 1 aromatic heterocycles. The van der Waals surface area contributed by atoms with E-state index in [0.717, 1.165) is 0 Å². The van der Waals surface area contributed by atoms with Crippen LogP contribution in [-0.2, 0) is 4.74 Å². The number of hydrogen-bond acceptors (Lipinski definition) is 7. The largest absolute Gasteiger partial charge is 0.477 e. The monoisotopic (exact) mass is 288 g/mol. The van der Waals surface area contributed by atoms with Crippen LogP contribution >= 0.6 is 0 Å². The van der Waals surface area contributed by atoms with Crippen molar-refractivity contribution in [3.63, 3.8) is 0 Å². The predicted molar refractivity (Wildman–Crippen MR) is 61.4 cm³/mol. The zero-order valence-corrected chi connectivity index (χ0v) is 9.94. The molecule has 1 unspecified atom stereocenters. The molecule has 0 aromatic carbocycles. The molecule has 1 saturated heterocycles. The lowest BCUT2D eigenvalue weighted by Crippen LogP contribution is -2.36. The highest BCUT2D eigenvalue weighted by Gasteiger charge is 2.45. The predicted octanol–water partition coefficient (Wildman–Crippen LogP) is -3.08. The van der Waals surface area contributed by atoms with Gasteiger partial charge in [0.05, 0.1) is 12.2 Å². The lowest BCUT2D eigenvalue weighted by atomic mass is 10.0. The van der Waals surface area contributed by atoms with Crippen molar-refractivity contribution in [2.45, 2.75) is 24.4 Å². The summed E-state index contributed by atoms with van der Waals surface area (Å²) < 4.78 is 5.08. The van der Waals surface area contributed by atoms with Crippen LogP contribution in [0.2, 0.25) is 0 Å². The number of aromatic amines is 2. The fraction of sp³-hybridized carbons (Fsp3) is 0.500. The molecule has 0 saturated carbocycles. The van der Waals surface area contributed by atoms with E-state index in [4.69, 9.17) is 14.9 Å². The maximum Gasteiger partial charge on any atom is 0.353 e. The van der Waals surface area contributed by atoms with Gasteiger partial charge in [-0.3, -0.25) is 9.78 Å². The Balaban J connectivity index is 2.56. The minimum atomic E-state index is -1.61. The number of carboxylic acid groups (broad SMARTS) is 1. The highest BCUT2D eigenvalue weighted by atomic mass is 16.6. The van der Waals surface area contributed by atoms with E-state index in [1.807, 2.05) is 9.97 Å². The van der Waals surface area contributed by atoms with Crippen molar-refractivity contribution >= 4 is 5.97 Å². The van der Waals surface area contributed by atoms with Crippen molar-refractivity contribution in [3.8, 4) is 0 Å². The standard InChI is InChI=1S/C10H12N2O8/c13-1-2-5(14)6(15)7(20-2)3-4(9(17)18)11-10(19)12-8(3)16/h2,5-7,13-15H,1H2,(H,17,18)(H2,11,12,16,19)/t2-,5-,6-,7?/m1/s1. The molecule has 0 spiro atoms. The summed E-state index contributed by atoms with van der Waals surface area (Å²) in [7, 11) is 0. The van der Waals surface area contributed by atoms with Gasteiger partial charge in [0.1, 0.15) is 30.1 Å². The smallest absolute Gasteiger partial charge is 0.353 e. The summed E-state index contributed by atoms with van der Waals surface area (Å²) in [5.41, 5.74) is -3.35. The molecule has 1 aromatic rings. The Hall–Kier alpha value is -2.01. The van der Waals surface area contributed by atoms with Gasteiger partial charge < -0.3 is 30.1 Å². The molecule has 1 aliphatic heterocycles. The first-order chi connectivity index (χ1) is 9.36. The van der Waals surface area contributed by atoms with Crippen LogP contribution in [0.4, 0.5) is 0 Å². The van der Waals surface area contributed by atoms with Crippen LogP contribution in [-0.4, -0.2) is 61.3 Å². The second kappa shape index (κ2) is 5.17. The number of aromatic carboxylic acids is 1. The molecule has 0 bridgehead atoms. The molecule has 10 nitrogen and oxygen atoms in total. The van der Waals surface area contributed by atoms with E-state index in [2.05, 4.69) is 0 Å². The third-order valence-corrected chi connectivity index (χ3v) is 3.02. The van der Waals surface area contributed by atoms with Gasteiger partial charge >= 0.3 is 11.7 Å². The van der Waals surface area contributed by atoms with Crippen LogP contribution < -0.4 is 11.2 Å². The number of aromatic nitrogens is 2. The first-order valence-corrected chi connectivity index (χ1v) is 5.59. The Morgan fingerprint density at radius 2 is 1.85 bits per heavy atom. The SMILES string of the molecule is O=C(O)c1[nH]c(=O)[nH]c(=O)c1C1O[C@H](CO)[C@@H](O)[C@H]1O. The van der Waals surface area contributed by atoms with Gasteiger partial charge in [-0.05, 0) is 0 Å². The van der Waals surface area contributed by atoms with Gasteiger partial charge in [-0.1, -0.05) is 0 Å². The first-order valence-electron chi connectivity index (χ1n) is 5.59. The van der Waals surface area contributed by atoms with E-state index in [1.165, 1.54) is 0 Å². The van der Waals surface area contributed by atoms with Gasteiger partial charge in [0, 0.05) is 0 Å². The zero-order valence-electron chi connectivity index (χ0n) is 9.94. The van der Waals surface area contributed by atoms with E-state index in [0.29, 0.717) is 0 Å². The summed E-state index contributed by atoms with van der Waals surface area (Å²) in [5.74, 6) is -1.60. The second-order valence-electron chi connectivity index (χ2n) is 4.26. The number of H-pyrrole nitrogens is 2. The quantitative estimate of drug-likeness (QED) is 0.339. The summed E-state index contributed by atoms with van der Waals surface area (Å²) in [6, 6.07) is 0. The summed E-state index contributed by atoms with van der Waals surface area (Å²) in [5, 5.41) is 37.3. The molecule has 2 rings (SSSR count). The van der Waals surface area contributed by atoms with Crippen molar-refractivity contribution in [1.29, 1.82) is 0 Å². The van der Waals surface area contributed by atoms with Gasteiger partial charge in [-0.2, -0.15) is 0 Å². The molecule has 1 fully saturated rings. The van der Waals surface area contributed by atoms with E-state index < -0.39 is 59.5 Å². The van der Waals surface area contributed by atoms with E-state index in [9.17, 15) is 24.6 Å². The maximum atomic E-state index is 11.7. The van der Waals surface area contributed by atoms with Gasteiger partial charge in [0.25, 0.3) is 5.56 Å². The average molecular weight is 288 g/mol. The molecule has 0 aliphatic carbocycles. The van der Waals surface area contributed by atoms with Crippen LogP contribution in [0.15, 0.2) is 9.59 Å². The van der Waals surface area contributed by atoms with Gasteiger partial charge in [-0.15, -0.1) is 0 Å². The molecule has 0 amide bonds. The fourth-order valence-corrected chi connectivity index (χ4v) is 2.07. The van der Waals surface area contributed by atoms with Crippen LogP contribution in [0.5, 0.6) is 0 Å². The minimum Gasteiger partial charge on any atom is -0.477 e. The average Bonchev–Trinajstić information content (AvgIpc) is 2.65. The van der Waals surface area contributed by atoms with Crippen molar-refractivity contribution in [2.24, 2.45) is 0 Å². The highest BCUT2D eigenvalue weighted by molar-refractivity contribution is 5.87. The van der Waals surface area contributed by atoms with Gasteiger partial charge in [0.2, 0.25) is 0 Å². The maximum absolute atomic E-state index is 11.7. The number of aliphatic hydroxyl groups excluding tert-OH is 3. The molecule has 20 heavy (non-hydrogen) atoms. The van der Waals surface area contributed by atoms with Gasteiger partial charge in [-0.25, -0.2) is 9.59 Å². The summed E-state index contributed by atoms with van der Waals surface area (Å²) in [4.78, 5) is 37.6. The molecule has 10 heteroatoms. The Kier molecular flexibility index (Phi) is 3.72. The Morgan fingerprint density at radius 3 is 2.35 bits per heavy atom. The second-order valence-corrected chi connectivity index (χ2v) is 4.26. The molecule has 4 atom stereocenters. The summed E-state index contributed by atoms with van der Waals surface area (Å²) >= 11 is 0. The molecular weight excluding hydrogens is 276 g/mol. The minimum absolute atomic E-state index is 0.528. The van der Waals surface area contributed by atoms with E-state index in [1.54, 1.807) is 0 Å². The van der Waals surface area contributed by atoms with Crippen LogP contribution in [0.25, 0.3) is 0 Å². The number of hydrogen-bond donors (Lipinski definition) is 6. The van der Waals surface area contributed by atoms with E-state index >= 15 is 0 Å². The first kappa shape index (κ1) is 14.4. The van der Waals surface area contributed by atoms with Crippen molar-refractivity contribution in [2.75, 3.05) is 6.61 Å². The Bertz CT molecular complexity index is 635. The third-order valence-electron chi connectivity index (χ3n) is 3.02. The number of nitrogens with one attached hydrogen (secondary N) is 2. The molecular formula is C10H12N2O8. The molecule has 1 aliphatic rings. The van der Waals surface area contributed by atoms with Crippen LogP contribution in [0.3, 0.4) is 0 Å². The van der Waals surface area contributed by atoms with E-state index in [-0.39, 0.29) is 0 Å². The fourth-order valence-electron chi connectivity index (χ4n) is 2.07. The number of rotatable bonds is 3. The topological polar surface area (TPSA) is 173 Å². The highest BCUT2D eigenvalue weighted by Crippen LogP contribution is 2.32. The summed E-state index contributed by atoms with van der Waals surface area (Å²) in [6.45, 7) is -0.627. The third kappa shape index (κ3) is 2.25. The number of ether oxygens (including phenoxy) is 1. The molecule has 110 valence electrons. The van der Waals surface area contributed by atoms with Crippen molar-refractivity contribution < 1.29 is 30.0 Å². The lowest BCUT2D eigenvalue weighted by Gasteiger charge is -2.15. The zero-order chi connectivity index (χ0) is 15.0. The molecule has 2 heterocycles. The number of carboxylic acids is 1. The Labute approximate surface area is 110 Å². The van der Waals surface area contributed by atoms with Crippen LogP contribution in [0.1, 0.15) is 22.2 Å². The lowest BCUT2D eigenvalue weighted by molar-refractivity contribution is -0.0235. The van der Waals surface area contributed by atoms with Gasteiger partial charge in [0.15, 0.2) is 0 Å². The number of carbonyl (C=O) groups is 1. The van der Waals surface area contributed by atoms with Crippen molar-refractivity contribution in [1.82, 2.24) is 9.97 Å².